The second-order valence-corrected chi connectivity index (χ2v) is 4.85. The maximum absolute atomic E-state index is 12.3. The van der Waals surface area contributed by atoms with E-state index in [0.717, 1.165) is 5.56 Å². The number of nitrogens with one attached hydrogen (secondary N) is 3. The second kappa shape index (κ2) is 6.47. The molecule has 8 heteroatoms. The van der Waals surface area contributed by atoms with E-state index in [4.69, 9.17) is 5.73 Å². The number of halogens is 3. The summed E-state index contributed by atoms with van der Waals surface area (Å²) < 4.78 is 36.8. The van der Waals surface area contributed by atoms with Gasteiger partial charge >= 0.3 is 12.3 Å². The van der Waals surface area contributed by atoms with Crippen LogP contribution in [0.15, 0.2) is 42.5 Å². The molecule has 2 aromatic carbocycles. The topological polar surface area (TPSA) is 79.2 Å². The van der Waals surface area contributed by atoms with Gasteiger partial charge in [0.1, 0.15) is 0 Å². The van der Waals surface area contributed by atoms with Crippen molar-refractivity contribution in [1.29, 1.82) is 0 Å². The predicted molar refractivity (Wildman–Crippen MR) is 84.4 cm³/mol. The summed E-state index contributed by atoms with van der Waals surface area (Å²) in [6.45, 7) is 1.83. The van der Waals surface area contributed by atoms with Crippen LogP contribution in [-0.4, -0.2) is 12.3 Å². The van der Waals surface area contributed by atoms with Gasteiger partial charge in [0.05, 0.1) is 0 Å². The van der Waals surface area contributed by atoms with Crippen LogP contribution < -0.4 is 21.7 Å². The number of aryl methyl sites for hydroxylation is 1. The quantitative estimate of drug-likeness (QED) is 0.506. The van der Waals surface area contributed by atoms with Crippen molar-refractivity contribution in [2.24, 2.45) is 0 Å². The highest BCUT2D eigenvalue weighted by Gasteiger charge is 2.26. The fraction of sp³-hybridized carbons (Fsp3) is 0.133. The Morgan fingerprint density at radius 1 is 1.00 bits per heavy atom. The normalized spacial score (nSPS) is 11.0. The number of alkyl halides is 3. The summed E-state index contributed by atoms with van der Waals surface area (Å²) in [4.78, 5) is 11.9. The maximum atomic E-state index is 12.3. The van der Waals surface area contributed by atoms with Crippen LogP contribution in [0, 0.1) is 6.92 Å². The lowest BCUT2D eigenvalue weighted by Gasteiger charge is -2.12. The number of carbonyl (C=O) groups excluding carboxylic acids is 1. The van der Waals surface area contributed by atoms with Gasteiger partial charge in [-0.25, -0.2) is 4.79 Å². The summed E-state index contributed by atoms with van der Waals surface area (Å²) in [6.07, 6.45) is -4.54. The van der Waals surface area contributed by atoms with Crippen molar-refractivity contribution in [3.05, 3.63) is 48.0 Å². The van der Waals surface area contributed by atoms with Gasteiger partial charge in [-0.1, -0.05) is 12.1 Å². The number of nitrogens with two attached hydrogens (primary N) is 1. The number of benzene rings is 2. The first kappa shape index (κ1) is 16.5. The molecule has 2 rings (SSSR count). The summed E-state index contributed by atoms with van der Waals surface area (Å²) in [5, 5.41) is 6.38. The van der Waals surface area contributed by atoms with Crippen molar-refractivity contribution in [2.45, 2.75) is 13.2 Å². The Balaban J connectivity index is 2.02. The number of nitrogen functional groups attached to an aromatic ring is 1. The minimum absolute atomic E-state index is 0.171. The molecule has 0 saturated heterocycles. The molecule has 0 radical (unpaired) electrons. The zero-order valence-corrected chi connectivity index (χ0v) is 12.2. The monoisotopic (exact) mass is 324 g/mol. The lowest BCUT2D eigenvalue weighted by Crippen LogP contribution is -2.21. The Labute approximate surface area is 130 Å². The zero-order chi connectivity index (χ0) is 17.0. The molecule has 0 unspecified atom stereocenters. The van der Waals surface area contributed by atoms with E-state index in [1.807, 2.05) is 6.92 Å². The minimum atomic E-state index is -4.54. The van der Waals surface area contributed by atoms with Gasteiger partial charge in [-0.05, 0) is 42.8 Å². The number of hydrogen-bond donors (Lipinski definition) is 4. The van der Waals surface area contributed by atoms with Gasteiger partial charge in [-0.15, -0.1) is 0 Å². The van der Waals surface area contributed by atoms with Gasteiger partial charge in [-0.3, -0.25) is 5.32 Å². The predicted octanol–water partition coefficient (Wildman–Crippen LogP) is 4.15. The molecule has 2 aromatic rings. The van der Waals surface area contributed by atoms with E-state index in [2.05, 4.69) is 10.6 Å². The van der Waals surface area contributed by atoms with Crippen molar-refractivity contribution in [2.75, 3.05) is 21.7 Å². The van der Waals surface area contributed by atoms with Gasteiger partial charge in [0.15, 0.2) is 0 Å². The van der Waals surface area contributed by atoms with Gasteiger partial charge in [0.2, 0.25) is 0 Å². The summed E-state index contributed by atoms with van der Waals surface area (Å²) in [6, 6.07) is 9.73. The van der Waals surface area contributed by atoms with Gasteiger partial charge in [0, 0.05) is 22.7 Å². The maximum Gasteiger partial charge on any atom is 0.482 e. The molecule has 2 amide bonds. The van der Waals surface area contributed by atoms with E-state index in [0.29, 0.717) is 11.4 Å². The van der Waals surface area contributed by atoms with Crippen LogP contribution in [0.1, 0.15) is 5.56 Å². The van der Waals surface area contributed by atoms with Gasteiger partial charge < -0.3 is 16.4 Å². The zero-order valence-electron chi connectivity index (χ0n) is 12.2. The number of rotatable bonds is 3. The fourth-order valence-corrected chi connectivity index (χ4v) is 1.85. The largest absolute Gasteiger partial charge is 0.482 e. The molecule has 0 atom stereocenters. The van der Waals surface area contributed by atoms with Crippen LogP contribution in [0.3, 0.4) is 0 Å². The molecule has 0 heterocycles. The number of carbonyl (C=O) groups is 1. The molecule has 0 spiro atoms. The lowest BCUT2D eigenvalue weighted by atomic mass is 10.2. The number of hydrogen-bond acceptors (Lipinski definition) is 3. The van der Waals surface area contributed by atoms with Crippen molar-refractivity contribution < 1.29 is 18.0 Å². The minimum Gasteiger partial charge on any atom is -0.398 e. The summed E-state index contributed by atoms with van der Waals surface area (Å²) in [5.41, 5.74) is 7.67. The summed E-state index contributed by atoms with van der Waals surface area (Å²) in [7, 11) is 0. The first-order chi connectivity index (χ1) is 10.7. The van der Waals surface area contributed by atoms with Crippen molar-refractivity contribution in [1.82, 2.24) is 0 Å². The fourth-order valence-electron chi connectivity index (χ4n) is 1.85. The first-order valence-electron chi connectivity index (χ1n) is 6.62. The smallest absolute Gasteiger partial charge is 0.398 e. The third-order valence-corrected chi connectivity index (χ3v) is 2.94. The molecule has 23 heavy (non-hydrogen) atoms. The third-order valence-electron chi connectivity index (χ3n) is 2.94. The van der Waals surface area contributed by atoms with E-state index in [-0.39, 0.29) is 11.4 Å². The standard InChI is InChI=1S/C15H15F3N4O/c1-9-5-6-11(8-13(9)19)21-14(23)20-10-3-2-4-12(7-10)22-15(16,17)18/h2-8,22H,19H2,1H3,(H2,20,21,23). The van der Waals surface area contributed by atoms with E-state index in [9.17, 15) is 18.0 Å². The molecule has 0 bridgehead atoms. The molecule has 0 fully saturated rings. The molecule has 0 aromatic heterocycles. The summed E-state index contributed by atoms with van der Waals surface area (Å²) >= 11 is 0. The van der Waals surface area contributed by atoms with Crippen LogP contribution in [0.2, 0.25) is 0 Å². The Morgan fingerprint density at radius 3 is 2.22 bits per heavy atom. The van der Waals surface area contributed by atoms with Crippen LogP contribution in [0.25, 0.3) is 0 Å². The van der Waals surface area contributed by atoms with Gasteiger partial charge in [-0.2, -0.15) is 13.2 Å². The number of urea groups is 1. The SMILES string of the molecule is Cc1ccc(NC(=O)Nc2cccc(NC(F)(F)F)c2)cc1N. The average molecular weight is 324 g/mol. The highest BCUT2D eigenvalue weighted by Crippen LogP contribution is 2.22. The Bertz CT molecular complexity index is 716. The molecule has 5 nitrogen and oxygen atoms in total. The van der Waals surface area contributed by atoms with Crippen molar-refractivity contribution >= 4 is 28.8 Å². The molecule has 0 saturated carbocycles. The molecular weight excluding hydrogens is 309 g/mol. The van der Waals surface area contributed by atoms with E-state index in [1.165, 1.54) is 29.6 Å². The lowest BCUT2D eigenvalue weighted by molar-refractivity contribution is -0.0999. The molecule has 122 valence electrons. The Morgan fingerprint density at radius 2 is 1.61 bits per heavy atom. The molecule has 5 N–H and O–H groups in total. The van der Waals surface area contributed by atoms with E-state index < -0.39 is 12.3 Å². The highest BCUT2D eigenvalue weighted by molar-refractivity contribution is 6.00. The Hall–Kier alpha value is -2.90. The summed E-state index contributed by atoms with van der Waals surface area (Å²) in [5.74, 6) is 0. The molecule has 0 aliphatic carbocycles. The molecular formula is C15H15F3N4O. The van der Waals surface area contributed by atoms with E-state index >= 15 is 0 Å². The van der Waals surface area contributed by atoms with Gasteiger partial charge in [0.25, 0.3) is 0 Å². The number of anilines is 4. The second-order valence-electron chi connectivity index (χ2n) is 4.85. The van der Waals surface area contributed by atoms with Crippen molar-refractivity contribution in [3.63, 3.8) is 0 Å². The van der Waals surface area contributed by atoms with Crippen LogP contribution in [-0.2, 0) is 0 Å². The van der Waals surface area contributed by atoms with Crippen LogP contribution in [0.4, 0.5) is 40.7 Å². The molecule has 0 aliphatic heterocycles. The third kappa shape index (κ3) is 5.10. The van der Waals surface area contributed by atoms with Crippen LogP contribution >= 0.6 is 0 Å². The average Bonchev–Trinajstić information content (AvgIpc) is 2.41. The first-order valence-corrected chi connectivity index (χ1v) is 6.62. The van der Waals surface area contributed by atoms with E-state index in [1.54, 1.807) is 18.2 Å². The Kier molecular flexibility index (Phi) is 4.63. The highest BCUT2D eigenvalue weighted by atomic mass is 19.4. The van der Waals surface area contributed by atoms with Crippen molar-refractivity contribution in [3.8, 4) is 0 Å². The van der Waals surface area contributed by atoms with Crippen LogP contribution in [0.5, 0.6) is 0 Å². The molecule has 0 aliphatic rings. The number of amides is 2.